The Morgan fingerprint density at radius 3 is 2.51 bits per heavy atom. The highest BCUT2D eigenvalue weighted by molar-refractivity contribution is 7.89. The second-order valence-electron chi connectivity index (χ2n) is 10.7. The predicted octanol–water partition coefficient (Wildman–Crippen LogP) is 4.35. The molecule has 39 heavy (non-hydrogen) atoms. The number of piperidine rings is 1. The van der Waals surface area contributed by atoms with Crippen molar-refractivity contribution >= 4 is 32.8 Å². The molecule has 2 aromatic carbocycles. The highest BCUT2D eigenvalue weighted by Crippen LogP contribution is 2.32. The van der Waals surface area contributed by atoms with Crippen LogP contribution in [0, 0.1) is 5.92 Å². The fourth-order valence-electron chi connectivity index (χ4n) is 5.78. The fraction of sp³-hybridized carbons (Fsp3) is 0.433. The molecule has 2 aliphatic rings. The number of fused-ring (bicyclic) bond motifs is 2. The number of rotatable bonds is 8. The van der Waals surface area contributed by atoms with Gasteiger partial charge in [-0.05, 0) is 87.6 Å². The molecule has 0 radical (unpaired) electrons. The monoisotopic (exact) mass is 549 g/mol. The SMILES string of the molecule is C[C@H](CCc1ccccc1)NC(=O)C1CCN(S(=O)(=O)c2ccc3nc4c(c(C(=O)O)c3c2)CCCC4)CC1. The summed E-state index contributed by atoms with van der Waals surface area (Å²) in [6.07, 6.45) is 5.84. The smallest absolute Gasteiger partial charge is 0.336 e. The number of aromatic nitrogens is 1. The standard InChI is InChI=1S/C30H35N3O5S/c1-20(11-12-21-7-3-2-4-8-21)31-29(34)22-15-17-33(18-16-22)39(37,38)23-13-14-27-25(19-23)28(30(35)36)24-9-5-6-10-26(24)32-27/h2-4,7-8,13-14,19-20,22H,5-6,9-12,15-18H2,1H3,(H,31,34)(H,35,36)/t20-/m1/s1. The van der Waals surface area contributed by atoms with Crippen molar-refractivity contribution < 1.29 is 23.1 Å². The molecule has 0 unspecified atom stereocenters. The van der Waals surface area contributed by atoms with Gasteiger partial charge < -0.3 is 10.4 Å². The number of carboxylic acid groups (broad SMARTS) is 1. The molecule has 1 saturated heterocycles. The van der Waals surface area contributed by atoms with Gasteiger partial charge in [0.1, 0.15) is 0 Å². The van der Waals surface area contributed by atoms with E-state index in [0.717, 1.165) is 43.4 Å². The predicted molar refractivity (Wildman–Crippen MR) is 149 cm³/mol. The maximum atomic E-state index is 13.5. The van der Waals surface area contributed by atoms with Gasteiger partial charge in [0.15, 0.2) is 0 Å². The normalized spacial score (nSPS) is 17.5. The highest BCUT2D eigenvalue weighted by Gasteiger charge is 2.33. The van der Waals surface area contributed by atoms with Gasteiger partial charge in [-0.1, -0.05) is 30.3 Å². The van der Waals surface area contributed by atoms with Crippen LogP contribution in [0.4, 0.5) is 0 Å². The van der Waals surface area contributed by atoms with Crippen LogP contribution in [0.1, 0.15) is 66.2 Å². The lowest BCUT2D eigenvalue weighted by atomic mass is 9.90. The van der Waals surface area contributed by atoms with Gasteiger partial charge in [0, 0.05) is 36.1 Å². The molecule has 0 saturated carbocycles. The molecule has 1 aromatic heterocycles. The Morgan fingerprint density at radius 2 is 1.79 bits per heavy atom. The number of aryl methyl sites for hydroxylation is 2. The first-order valence-electron chi connectivity index (χ1n) is 13.8. The zero-order chi connectivity index (χ0) is 27.6. The number of aromatic carboxylic acids is 1. The summed E-state index contributed by atoms with van der Waals surface area (Å²) in [5.74, 6) is -1.32. The van der Waals surface area contributed by atoms with E-state index in [1.807, 2.05) is 25.1 Å². The lowest BCUT2D eigenvalue weighted by Crippen LogP contribution is -2.44. The van der Waals surface area contributed by atoms with Crippen LogP contribution < -0.4 is 5.32 Å². The summed E-state index contributed by atoms with van der Waals surface area (Å²) >= 11 is 0. The van der Waals surface area contributed by atoms with Gasteiger partial charge in [0.05, 0.1) is 16.0 Å². The van der Waals surface area contributed by atoms with Crippen molar-refractivity contribution in [2.24, 2.45) is 5.92 Å². The van der Waals surface area contributed by atoms with Gasteiger partial charge in [-0.15, -0.1) is 0 Å². The molecule has 9 heteroatoms. The summed E-state index contributed by atoms with van der Waals surface area (Å²) in [6, 6.07) is 14.8. The number of sulfonamides is 1. The lowest BCUT2D eigenvalue weighted by molar-refractivity contribution is -0.126. The van der Waals surface area contributed by atoms with Gasteiger partial charge in [0.25, 0.3) is 0 Å². The Bertz CT molecular complexity index is 1480. The zero-order valence-electron chi connectivity index (χ0n) is 22.2. The summed E-state index contributed by atoms with van der Waals surface area (Å²) in [4.78, 5) is 29.8. The van der Waals surface area contributed by atoms with E-state index < -0.39 is 16.0 Å². The molecule has 0 bridgehead atoms. The van der Waals surface area contributed by atoms with E-state index in [9.17, 15) is 23.1 Å². The number of benzene rings is 2. The lowest BCUT2D eigenvalue weighted by Gasteiger charge is -2.31. The summed E-state index contributed by atoms with van der Waals surface area (Å²) in [5, 5.41) is 13.5. The number of nitrogens with one attached hydrogen (secondary N) is 1. The summed E-state index contributed by atoms with van der Waals surface area (Å²) < 4.78 is 28.5. The van der Waals surface area contributed by atoms with Crippen LogP contribution >= 0.6 is 0 Å². The molecule has 2 heterocycles. The summed E-state index contributed by atoms with van der Waals surface area (Å²) in [5.41, 5.74) is 3.43. The molecule has 1 atom stereocenters. The Hall–Kier alpha value is -3.30. The Balaban J connectivity index is 1.25. The first-order valence-corrected chi connectivity index (χ1v) is 15.2. The van der Waals surface area contributed by atoms with Crippen LogP contribution in [0.25, 0.3) is 10.9 Å². The maximum absolute atomic E-state index is 13.5. The summed E-state index contributed by atoms with van der Waals surface area (Å²) in [7, 11) is -3.85. The molecule has 0 spiro atoms. The zero-order valence-corrected chi connectivity index (χ0v) is 23.0. The van der Waals surface area contributed by atoms with E-state index in [1.165, 1.54) is 22.0 Å². The van der Waals surface area contributed by atoms with Gasteiger partial charge in [-0.2, -0.15) is 4.31 Å². The second-order valence-corrected chi connectivity index (χ2v) is 12.7. The average molecular weight is 550 g/mol. The molecule has 2 N–H and O–H groups in total. The summed E-state index contributed by atoms with van der Waals surface area (Å²) in [6.45, 7) is 2.48. The van der Waals surface area contributed by atoms with E-state index in [-0.39, 0.29) is 41.4 Å². The Kier molecular flexibility index (Phi) is 8.00. The number of hydrogen-bond acceptors (Lipinski definition) is 5. The molecular weight excluding hydrogens is 514 g/mol. The molecule has 1 aliphatic carbocycles. The molecule has 1 fully saturated rings. The van der Waals surface area contributed by atoms with Crippen LogP contribution in [0.2, 0.25) is 0 Å². The molecule has 1 amide bonds. The van der Waals surface area contributed by atoms with E-state index in [0.29, 0.717) is 30.2 Å². The maximum Gasteiger partial charge on any atom is 0.336 e. The molecular formula is C30H35N3O5S. The highest BCUT2D eigenvalue weighted by atomic mass is 32.2. The quantitative estimate of drug-likeness (QED) is 0.432. The second kappa shape index (κ2) is 11.4. The third kappa shape index (κ3) is 5.84. The first kappa shape index (κ1) is 27.3. The third-order valence-electron chi connectivity index (χ3n) is 8.01. The minimum absolute atomic E-state index is 0.0275. The molecule has 206 valence electrons. The molecule has 3 aromatic rings. The number of hydrogen-bond donors (Lipinski definition) is 2. The van der Waals surface area contributed by atoms with Crippen LogP contribution in [-0.2, 0) is 34.1 Å². The third-order valence-corrected chi connectivity index (χ3v) is 9.90. The topological polar surface area (TPSA) is 117 Å². The van der Waals surface area contributed by atoms with Crippen LogP contribution in [0.3, 0.4) is 0 Å². The van der Waals surface area contributed by atoms with Crippen molar-refractivity contribution in [1.29, 1.82) is 0 Å². The fourth-order valence-corrected chi connectivity index (χ4v) is 7.27. The van der Waals surface area contributed by atoms with Gasteiger partial charge >= 0.3 is 5.97 Å². The van der Waals surface area contributed by atoms with Crippen molar-refractivity contribution in [2.75, 3.05) is 13.1 Å². The van der Waals surface area contributed by atoms with E-state index >= 15 is 0 Å². The number of carbonyl (C=O) groups is 2. The Morgan fingerprint density at radius 1 is 1.08 bits per heavy atom. The molecule has 5 rings (SSSR count). The van der Waals surface area contributed by atoms with Crippen LogP contribution in [0.15, 0.2) is 53.4 Å². The van der Waals surface area contributed by atoms with E-state index in [2.05, 4.69) is 22.4 Å². The largest absolute Gasteiger partial charge is 0.478 e. The van der Waals surface area contributed by atoms with Gasteiger partial charge in [-0.3, -0.25) is 9.78 Å². The van der Waals surface area contributed by atoms with Crippen molar-refractivity contribution in [3.63, 3.8) is 0 Å². The Labute approximate surface area is 229 Å². The number of carboxylic acids is 1. The van der Waals surface area contributed by atoms with E-state index in [4.69, 9.17) is 0 Å². The minimum atomic E-state index is -3.85. The average Bonchev–Trinajstić information content (AvgIpc) is 2.94. The van der Waals surface area contributed by atoms with Crippen molar-refractivity contribution in [3.05, 3.63) is 70.9 Å². The molecule has 8 nitrogen and oxygen atoms in total. The molecule has 1 aliphatic heterocycles. The van der Waals surface area contributed by atoms with Crippen LogP contribution in [-0.4, -0.2) is 53.8 Å². The van der Waals surface area contributed by atoms with Gasteiger partial charge in [-0.25, -0.2) is 13.2 Å². The van der Waals surface area contributed by atoms with Crippen molar-refractivity contribution in [2.45, 2.75) is 69.2 Å². The first-order chi connectivity index (χ1) is 18.7. The number of nitrogens with zero attached hydrogens (tertiary/aromatic N) is 2. The van der Waals surface area contributed by atoms with Crippen LogP contribution in [0.5, 0.6) is 0 Å². The number of pyridine rings is 1. The number of amides is 1. The van der Waals surface area contributed by atoms with Crippen molar-refractivity contribution in [3.8, 4) is 0 Å². The van der Waals surface area contributed by atoms with Crippen molar-refractivity contribution in [1.82, 2.24) is 14.6 Å². The van der Waals surface area contributed by atoms with E-state index in [1.54, 1.807) is 6.07 Å². The minimum Gasteiger partial charge on any atom is -0.478 e. The van der Waals surface area contributed by atoms with Gasteiger partial charge in [0.2, 0.25) is 15.9 Å². The number of carbonyl (C=O) groups excluding carboxylic acids is 1.